The molecule has 0 aromatic heterocycles. The highest BCUT2D eigenvalue weighted by molar-refractivity contribution is 5.84. The lowest BCUT2D eigenvalue weighted by molar-refractivity contribution is -0.894. The van der Waals surface area contributed by atoms with Crippen molar-refractivity contribution in [3.8, 4) is 0 Å². The molecule has 3 nitrogen and oxygen atoms in total. The van der Waals surface area contributed by atoms with E-state index in [1.54, 1.807) is 0 Å². The van der Waals surface area contributed by atoms with Crippen molar-refractivity contribution in [3.63, 3.8) is 0 Å². The van der Waals surface area contributed by atoms with Crippen molar-refractivity contribution >= 4 is 5.78 Å². The average molecular weight is 186 g/mol. The number of hydrogen-bond acceptors (Lipinski definition) is 2. The minimum Gasteiger partial charge on any atom is -0.387 e. The van der Waals surface area contributed by atoms with Crippen LogP contribution in [0.15, 0.2) is 0 Å². The van der Waals surface area contributed by atoms with Crippen molar-refractivity contribution in [3.05, 3.63) is 0 Å². The number of aliphatic hydroxyl groups is 1. The normalized spacial score (nSPS) is 32.5. The first kappa shape index (κ1) is 10.7. The first-order chi connectivity index (χ1) is 5.84. The Morgan fingerprint density at radius 1 is 1.46 bits per heavy atom. The summed E-state index contributed by atoms with van der Waals surface area (Å²) in [6, 6.07) is -0.00463. The van der Waals surface area contributed by atoms with Gasteiger partial charge in [-0.25, -0.2) is 0 Å². The van der Waals surface area contributed by atoms with Crippen LogP contribution in [0.5, 0.6) is 0 Å². The number of Topliss-reactive ketones (excluding diaryl/α,β-unsaturated/α-hetero) is 1. The van der Waals surface area contributed by atoms with Crippen LogP contribution >= 0.6 is 0 Å². The molecule has 0 saturated carbocycles. The molecule has 0 spiro atoms. The van der Waals surface area contributed by atoms with Gasteiger partial charge < -0.3 is 9.59 Å². The second-order valence-electron chi connectivity index (χ2n) is 4.92. The van der Waals surface area contributed by atoms with Crippen molar-refractivity contribution in [2.75, 3.05) is 20.6 Å². The van der Waals surface area contributed by atoms with Gasteiger partial charge in [0, 0.05) is 12.3 Å². The van der Waals surface area contributed by atoms with Gasteiger partial charge in [-0.15, -0.1) is 0 Å². The maximum atomic E-state index is 11.8. The zero-order valence-corrected chi connectivity index (χ0v) is 8.95. The van der Waals surface area contributed by atoms with Crippen LogP contribution in [0.25, 0.3) is 0 Å². The predicted molar refractivity (Wildman–Crippen MR) is 51.2 cm³/mol. The summed E-state index contributed by atoms with van der Waals surface area (Å²) in [7, 11) is 4.03. The molecule has 0 amide bonds. The van der Waals surface area contributed by atoms with Gasteiger partial charge in [-0.05, 0) is 0 Å². The monoisotopic (exact) mass is 186 g/mol. The number of quaternary nitrogens is 1. The summed E-state index contributed by atoms with van der Waals surface area (Å²) in [6.07, 6.45) is 0.326. The molecule has 1 fully saturated rings. The van der Waals surface area contributed by atoms with E-state index in [4.69, 9.17) is 0 Å². The lowest BCUT2D eigenvalue weighted by Crippen LogP contribution is -2.49. The zero-order chi connectivity index (χ0) is 10.2. The first-order valence-electron chi connectivity index (χ1n) is 4.89. The molecule has 1 saturated heterocycles. The van der Waals surface area contributed by atoms with Crippen LogP contribution in [-0.2, 0) is 4.79 Å². The second kappa shape index (κ2) is 3.39. The minimum absolute atomic E-state index is 0.00463. The van der Waals surface area contributed by atoms with Gasteiger partial charge in [-0.2, -0.15) is 0 Å². The molecule has 13 heavy (non-hydrogen) atoms. The topological polar surface area (TPSA) is 37.3 Å². The Hall–Kier alpha value is -0.410. The molecule has 76 valence electrons. The minimum atomic E-state index is -0.303. The van der Waals surface area contributed by atoms with Crippen molar-refractivity contribution in [1.82, 2.24) is 0 Å². The van der Waals surface area contributed by atoms with Crippen molar-refractivity contribution in [2.24, 2.45) is 5.92 Å². The van der Waals surface area contributed by atoms with Gasteiger partial charge in [0.25, 0.3) is 0 Å². The largest absolute Gasteiger partial charge is 0.387 e. The average Bonchev–Trinajstić information content (AvgIpc) is 2.22. The van der Waals surface area contributed by atoms with Crippen LogP contribution in [0.1, 0.15) is 20.3 Å². The Balaban J connectivity index is 2.75. The number of carbonyl (C=O) groups is 1. The molecular weight excluding hydrogens is 166 g/mol. The molecule has 1 N–H and O–H groups in total. The first-order valence-corrected chi connectivity index (χ1v) is 4.89. The highest BCUT2D eigenvalue weighted by Gasteiger charge is 2.44. The highest BCUT2D eigenvalue weighted by atomic mass is 16.3. The Labute approximate surface area is 79.9 Å². The third-order valence-electron chi connectivity index (χ3n) is 2.92. The summed E-state index contributed by atoms with van der Waals surface area (Å²) in [5.41, 5.74) is 0. The maximum absolute atomic E-state index is 11.8. The summed E-state index contributed by atoms with van der Waals surface area (Å²) >= 11 is 0. The van der Waals surface area contributed by atoms with Crippen molar-refractivity contribution in [2.45, 2.75) is 32.4 Å². The number of carbonyl (C=O) groups excluding carboxylic acids is 1. The van der Waals surface area contributed by atoms with Crippen molar-refractivity contribution < 1.29 is 14.4 Å². The molecule has 0 radical (unpaired) electrons. The summed E-state index contributed by atoms with van der Waals surface area (Å²) < 4.78 is 0.637. The number of hydrogen-bond donors (Lipinski definition) is 1. The summed E-state index contributed by atoms with van der Waals surface area (Å²) in [5.74, 6) is 0.356. The third-order valence-corrected chi connectivity index (χ3v) is 2.92. The Morgan fingerprint density at radius 2 is 2.00 bits per heavy atom. The van der Waals surface area contributed by atoms with Crippen LogP contribution in [0.2, 0.25) is 0 Å². The van der Waals surface area contributed by atoms with E-state index in [-0.39, 0.29) is 23.8 Å². The van der Waals surface area contributed by atoms with Crippen molar-refractivity contribution in [1.29, 1.82) is 0 Å². The van der Waals surface area contributed by atoms with Gasteiger partial charge in [0.1, 0.15) is 12.6 Å². The van der Waals surface area contributed by atoms with Gasteiger partial charge in [-0.3, -0.25) is 4.79 Å². The number of likely N-dealkylation sites (tertiary alicyclic amines) is 1. The van der Waals surface area contributed by atoms with Crippen LogP contribution < -0.4 is 0 Å². The van der Waals surface area contributed by atoms with Crippen LogP contribution in [0.3, 0.4) is 0 Å². The highest BCUT2D eigenvalue weighted by Crippen LogP contribution is 2.25. The van der Waals surface area contributed by atoms with Gasteiger partial charge in [0.15, 0.2) is 11.8 Å². The molecule has 2 atom stereocenters. The fraction of sp³-hybridized carbons (Fsp3) is 0.900. The molecule has 0 bridgehead atoms. The van der Waals surface area contributed by atoms with E-state index in [0.29, 0.717) is 17.4 Å². The van der Waals surface area contributed by atoms with E-state index in [0.717, 1.165) is 0 Å². The fourth-order valence-electron chi connectivity index (χ4n) is 2.13. The van der Waals surface area contributed by atoms with E-state index in [9.17, 15) is 9.90 Å². The molecule has 1 aliphatic heterocycles. The van der Waals surface area contributed by atoms with E-state index in [2.05, 4.69) is 0 Å². The van der Waals surface area contributed by atoms with Crippen LogP contribution in [0, 0.1) is 5.92 Å². The smallest absolute Gasteiger partial charge is 0.192 e. The summed E-state index contributed by atoms with van der Waals surface area (Å²) in [6.45, 7) is 4.54. The molecule has 0 aromatic carbocycles. The summed E-state index contributed by atoms with van der Waals surface area (Å²) in [4.78, 5) is 11.8. The standard InChI is InChI=1S/C10H20NO2/c1-7(2)10(13)9-5-8(12)6-11(9,3)4/h7-9,12H,5-6H2,1-4H3/q+1/t8-,9+/m1/s1. The Bertz CT molecular complexity index is 211. The fourth-order valence-corrected chi connectivity index (χ4v) is 2.13. The number of rotatable bonds is 2. The lowest BCUT2D eigenvalue weighted by Gasteiger charge is -2.31. The number of likely N-dealkylation sites (N-methyl/N-ethyl adjacent to an activating group) is 1. The molecule has 1 heterocycles. The van der Waals surface area contributed by atoms with E-state index >= 15 is 0 Å². The Morgan fingerprint density at radius 3 is 2.31 bits per heavy atom. The van der Waals surface area contributed by atoms with Crippen LogP contribution in [-0.4, -0.2) is 48.2 Å². The van der Waals surface area contributed by atoms with Crippen LogP contribution in [0.4, 0.5) is 0 Å². The number of aliphatic hydroxyl groups excluding tert-OH is 1. The van der Waals surface area contributed by atoms with Gasteiger partial charge in [0.05, 0.1) is 14.1 Å². The van der Waals surface area contributed by atoms with Gasteiger partial charge in [0.2, 0.25) is 0 Å². The summed E-state index contributed by atoms with van der Waals surface area (Å²) in [5, 5.41) is 9.50. The quantitative estimate of drug-likeness (QED) is 0.635. The number of ketones is 1. The maximum Gasteiger partial charge on any atom is 0.192 e. The Kier molecular flexibility index (Phi) is 2.78. The third kappa shape index (κ3) is 2.09. The van der Waals surface area contributed by atoms with E-state index < -0.39 is 0 Å². The second-order valence-corrected chi connectivity index (χ2v) is 4.92. The molecule has 0 aliphatic carbocycles. The predicted octanol–water partition coefficient (Wildman–Crippen LogP) is 0.421. The molecular formula is C10H20NO2+. The lowest BCUT2D eigenvalue weighted by atomic mass is 9.99. The van der Waals surface area contributed by atoms with E-state index in [1.165, 1.54) is 0 Å². The zero-order valence-electron chi connectivity index (χ0n) is 8.95. The SMILES string of the molecule is CC(C)C(=O)[C@@H]1C[C@@H](O)C[N+]1(C)C. The van der Waals surface area contributed by atoms with Gasteiger partial charge in [-0.1, -0.05) is 13.8 Å². The van der Waals surface area contributed by atoms with E-state index in [1.807, 2.05) is 27.9 Å². The molecule has 3 heteroatoms. The molecule has 0 unspecified atom stereocenters. The number of nitrogens with zero attached hydrogens (tertiary/aromatic N) is 1. The van der Waals surface area contributed by atoms with Gasteiger partial charge >= 0.3 is 0 Å². The molecule has 0 aromatic rings. The molecule has 1 rings (SSSR count). The molecule has 1 aliphatic rings.